The largest absolute Gasteiger partial charge is 0.383 e. The van der Waals surface area contributed by atoms with Crippen molar-refractivity contribution >= 4 is 39.2 Å². The highest BCUT2D eigenvalue weighted by Gasteiger charge is 2.19. The van der Waals surface area contributed by atoms with E-state index in [-0.39, 0.29) is 23.0 Å². The Morgan fingerprint density at radius 2 is 1.91 bits per heavy atom. The van der Waals surface area contributed by atoms with Crippen LogP contribution in [0, 0.1) is 5.82 Å². The Kier molecular flexibility index (Phi) is 7.77. The van der Waals surface area contributed by atoms with Gasteiger partial charge in [-0.25, -0.2) is 9.37 Å². The average molecular weight is 498 g/mol. The minimum absolute atomic E-state index is 0.0570. The van der Waals surface area contributed by atoms with Gasteiger partial charge in [-0.2, -0.15) is 0 Å². The Hall–Kier alpha value is -3.01. The van der Waals surface area contributed by atoms with Crippen LogP contribution >= 0.6 is 23.1 Å². The average Bonchev–Trinajstić information content (AvgIpc) is 3.28. The monoisotopic (exact) mass is 497 g/mol. The van der Waals surface area contributed by atoms with Crippen LogP contribution in [-0.2, 0) is 23.1 Å². The minimum atomic E-state index is -0.329. The van der Waals surface area contributed by atoms with Crippen molar-refractivity contribution in [3.05, 3.63) is 81.7 Å². The maximum atomic E-state index is 13.3. The number of benzene rings is 2. The predicted molar refractivity (Wildman–Crippen MR) is 135 cm³/mol. The number of fused-ring (bicyclic) bond motifs is 1. The first-order valence-electron chi connectivity index (χ1n) is 10.7. The molecule has 0 bridgehead atoms. The molecular formula is C25H24FN3O3S2. The van der Waals surface area contributed by atoms with Gasteiger partial charge < -0.3 is 9.64 Å². The fourth-order valence-corrected chi connectivity index (χ4v) is 5.40. The molecule has 9 heteroatoms. The number of methoxy groups -OCH3 is 1. The van der Waals surface area contributed by atoms with E-state index in [1.165, 1.54) is 39.8 Å². The second-order valence-electron chi connectivity index (χ2n) is 7.68. The number of carbonyl (C=O) groups is 1. The van der Waals surface area contributed by atoms with Gasteiger partial charge in [0.2, 0.25) is 5.91 Å². The number of hydrogen-bond acceptors (Lipinski definition) is 6. The highest BCUT2D eigenvalue weighted by Crippen LogP contribution is 2.32. The summed E-state index contributed by atoms with van der Waals surface area (Å²) in [6.45, 7) is 1.40. The van der Waals surface area contributed by atoms with Gasteiger partial charge in [-0.3, -0.25) is 14.2 Å². The lowest BCUT2D eigenvalue weighted by Gasteiger charge is -2.22. The third kappa shape index (κ3) is 5.38. The SMILES string of the molecule is COCCN(Cc1ccccc1)C(=O)CSc1nc2scc(-c3ccc(F)cc3)c2c(=O)n1C. The Bertz CT molecular complexity index is 1340. The van der Waals surface area contributed by atoms with Crippen LogP contribution < -0.4 is 5.56 Å². The Morgan fingerprint density at radius 3 is 2.62 bits per heavy atom. The van der Waals surface area contributed by atoms with E-state index in [0.717, 1.165) is 16.7 Å². The van der Waals surface area contributed by atoms with E-state index in [2.05, 4.69) is 4.98 Å². The molecule has 2 aromatic heterocycles. The van der Waals surface area contributed by atoms with Gasteiger partial charge in [0, 0.05) is 38.2 Å². The molecule has 4 aromatic rings. The molecule has 0 atom stereocenters. The van der Waals surface area contributed by atoms with Gasteiger partial charge in [-0.1, -0.05) is 54.2 Å². The fourth-order valence-electron chi connectivity index (χ4n) is 3.54. The normalized spacial score (nSPS) is 11.1. The third-order valence-corrected chi connectivity index (χ3v) is 7.28. The van der Waals surface area contributed by atoms with Crippen LogP contribution in [0.5, 0.6) is 0 Å². The molecule has 6 nitrogen and oxygen atoms in total. The molecule has 0 spiro atoms. The Morgan fingerprint density at radius 1 is 1.18 bits per heavy atom. The fraction of sp³-hybridized carbons (Fsp3) is 0.240. The lowest BCUT2D eigenvalue weighted by atomic mass is 10.1. The van der Waals surface area contributed by atoms with E-state index in [1.54, 1.807) is 31.2 Å². The Balaban J connectivity index is 1.54. The van der Waals surface area contributed by atoms with Gasteiger partial charge in [0.25, 0.3) is 5.56 Å². The quantitative estimate of drug-likeness (QED) is 0.250. The topological polar surface area (TPSA) is 64.4 Å². The van der Waals surface area contributed by atoms with Crippen molar-refractivity contribution in [2.24, 2.45) is 7.05 Å². The molecule has 2 aromatic carbocycles. The number of nitrogens with zero attached hydrogens (tertiary/aromatic N) is 3. The number of halogens is 1. The van der Waals surface area contributed by atoms with Crippen LogP contribution in [0.3, 0.4) is 0 Å². The maximum absolute atomic E-state index is 13.3. The van der Waals surface area contributed by atoms with Crippen LogP contribution in [-0.4, -0.2) is 46.4 Å². The molecule has 0 unspecified atom stereocenters. The van der Waals surface area contributed by atoms with Crippen LogP contribution in [0.1, 0.15) is 5.56 Å². The smallest absolute Gasteiger partial charge is 0.263 e. The first kappa shape index (κ1) is 24.1. The van der Waals surface area contributed by atoms with Crippen molar-refractivity contribution in [2.45, 2.75) is 11.7 Å². The van der Waals surface area contributed by atoms with E-state index < -0.39 is 0 Å². The molecule has 1 amide bonds. The second-order valence-corrected chi connectivity index (χ2v) is 9.48. The summed E-state index contributed by atoms with van der Waals surface area (Å²) in [6, 6.07) is 15.8. The molecule has 2 heterocycles. The highest BCUT2D eigenvalue weighted by atomic mass is 32.2. The summed E-state index contributed by atoms with van der Waals surface area (Å²) in [4.78, 5) is 33.2. The van der Waals surface area contributed by atoms with Crippen LogP contribution in [0.4, 0.5) is 4.39 Å². The van der Waals surface area contributed by atoms with Crippen molar-refractivity contribution in [3.8, 4) is 11.1 Å². The molecule has 0 saturated carbocycles. The van der Waals surface area contributed by atoms with Crippen LogP contribution in [0.2, 0.25) is 0 Å². The molecular weight excluding hydrogens is 473 g/mol. The van der Waals surface area contributed by atoms with Gasteiger partial charge in [0.05, 0.1) is 17.7 Å². The van der Waals surface area contributed by atoms with E-state index >= 15 is 0 Å². The molecule has 0 aliphatic heterocycles. The highest BCUT2D eigenvalue weighted by molar-refractivity contribution is 7.99. The molecule has 34 heavy (non-hydrogen) atoms. The summed E-state index contributed by atoms with van der Waals surface area (Å²) in [5, 5.41) is 2.84. The summed E-state index contributed by atoms with van der Waals surface area (Å²) < 4.78 is 20.0. The number of rotatable bonds is 9. The summed E-state index contributed by atoms with van der Waals surface area (Å²) in [5.41, 5.74) is 2.34. The van der Waals surface area contributed by atoms with Gasteiger partial charge in [0.1, 0.15) is 10.6 Å². The summed E-state index contributed by atoms with van der Waals surface area (Å²) in [7, 11) is 3.26. The maximum Gasteiger partial charge on any atom is 0.263 e. The summed E-state index contributed by atoms with van der Waals surface area (Å²) in [5.74, 6) is -0.235. The number of thioether (sulfide) groups is 1. The molecule has 0 saturated heterocycles. The lowest BCUT2D eigenvalue weighted by molar-refractivity contribution is -0.129. The summed E-state index contributed by atoms with van der Waals surface area (Å²) >= 11 is 2.60. The second kappa shape index (κ2) is 10.9. The number of amides is 1. The zero-order valence-electron chi connectivity index (χ0n) is 18.9. The molecule has 0 fully saturated rings. The Labute approximate surface area is 205 Å². The van der Waals surface area contributed by atoms with Crippen molar-refractivity contribution in [2.75, 3.05) is 26.0 Å². The van der Waals surface area contributed by atoms with Crippen LogP contribution in [0.15, 0.2) is 69.9 Å². The molecule has 176 valence electrons. The first-order valence-corrected chi connectivity index (χ1v) is 12.5. The minimum Gasteiger partial charge on any atom is -0.383 e. The van der Waals surface area contributed by atoms with Gasteiger partial charge in [0.15, 0.2) is 5.16 Å². The zero-order chi connectivity index (χ0) is 24.1. The summed E-state index contributed by atoms with van der Waals surface area (Å²) in [6.07, 6.45) is 0. The molecule has 0 aliphatic carbocycles. The number of carbonyl (C=O) groups excluding carboxylic acids is 1. The number of ether oxygens (including phenoxy) is 1. The number of thiophene rings is 1. The van der Waals surface area contributed by atoms with Crippen LogP contribution in [0.25, 0.3) is 21.3 Å². The number of aromatic nitrogens is 2. The standard InChI is InChI=1S/C25H24FN3O3S2/c1-28-24(31)22-20(18-8-10-19(26)11-9-18)15-33-23(22)27-25(28)34-16-21(30)29(12-13-32-2)14-17-6-4-3-5-7-17/h3-11,15H,12-14,16H2,1-2H3. The van der Waals surface area contributed by atoms with Gasteiger partial charge >= 0.3 is 0 Å². The van der Waals surface area contributed by atoms with Gasteiger partial charge in [-0.15, -0.1) is 11.3 Å². The van der Waals surface area contributed by atoms with Gasteiger partial charge in [-0.05, 0) is 23.3 Å². The van der Waals surface area contributed by atoms with Crippen molar-refractivity contribution < 1.29 is 13.9 Å². The molecule has 0 aliphatic rings. The van der Waals surface area contributed by atoms with E-state index in [1.807, 2.05) is 35.7 Å². The van der Waals surface area contributed by atoms with E-state index in [0.29, 0.717) is 35.1 Å². The zero-order valence-corrected chi connectivity index (χ0v) is 20.5. The molecule has 0 radical (unpaired) electrons. The lowest BCUT2D eigenvalue weighted by Crippen LogP contribution is -2.35. The molecule has 0 N–H and O–H groups in total. The van der Waals surface area contributed by atoms with E-state index in [4.69, 9.17) is 4.74 Å². The van der Waals surface area contributed by atoms with Crippen molar-refractivity contribution in [1.29, 1.82) is 0 Å². The molecule has 4 rings (SSSR count). The van der Waals surface area contributed by atoms with Crippen molar-refractivity contribution in [1.82, 2.24) is 14.5 Å². The predicted octanol–water partition coefficient (Wildman–Crippen LogP) is 4.57. The first-order chi connectivity index (χ1) is 16.5. The van der Waals surface area contributed by atoms with E-state index in [9.17, 15) is 14.0 Å². The van der Waals surface area contributed by atoms with Crippen molar-refractivity contribution in [3.63, 3.8) is 0 Å². The third-order valence-electron chi connectivity index (χ3n) is 5.39. The number of hydrogen-bond donors (Lipinski definition) is 0.